The van der Waals surface area contributed by atoms with E-state index in [0.29, 0.717) is 18.3 Å². The molecule has 15 heavy (non-hydrogen) atoms. The monoisotopic (exact) mass is 232 g/mol. The molecule has 0 aromatic carbocycles. The van der Waals surface area contributed by atoms with Crippen molar-refractivity contribution in [3.8, 4) is 0 Å². The van der Waals surface area contributed by atoms with Gasteiger partial charge in [0.15, 0.2) is 5.82 Å². The maximum atomic E-state index is 5.43. The number of nitrogens with one attached hydrogen (secondary N) is 1. The molecular weight excluding hydrogens is 216 g/mol. The Hall–Kier alpha value is -0.650. The van der Waals surface area contributed by atoms with E-state index in [2.05, 4.69) is 22.4 Å². The summed E-state index contributed by atoms with van der Waals surface area (Å²) in [6.45, 7) is 3.44. The van der Waals surface area contributed by atoms with E-state index < -0.39 is 0 Å². The molecule has 0 radical (unpaired) electrons. The number of piperidine rings is 1. The van der Waals surface area contributed by atoms with E-state index in [9.17, 15) is 0 Å². The zero-order chi connectivity index (χ0) is 10.0. The standard InChI is InChI=1S/C9H16N4O.ClH/c1-9(4-2-3-5-11-9)8-12-7(6-10)13-14-8;/h11H,2-6,10H2,1H3;1H. The van der Waals surface area contributed by atoms with Gasteiger partial charge >= 0.3 is 0 Å². The zero-order valence-electron chi connectivity index (χ0n) is 8.82. The number of halogens is 1. The van der Waals surface area contributed by atoms with Crippen LogP contribution in [0.5, 0.6) is 0 Å². The summed E-state index contributed by atoms with van der Waals surface area (Å²) in [5.41, 5.74) is 5.28. The highest BCUT2D eigenvalue weighted by atomic mass is 35.5. The number of nitrogens with two attached hydrogens (primary N) is 1. The molecule has 1 aliphatic rings. The Bertz CT molecular complexity index is 309. The lowest BCUT2D eigenvalue weighted by molar-refractivity contribution is 0.206. The van der Waals surface area contributed by atoms with Crippen LogP contribution in [0.1, 0.15) is 37.9 Å². The van der Waals surface area contributed by atoms with Crippen LogP contribution in [0.4, 0.5) is 0 Å². The van der Waals surface area contributed by atoms with Crippen LogP contribution in [-0.2, 0) is 12.1 Å². The van der Waals surface area contributed by atoms with Gasteiger partial charge in [-0.2, -0.15) is 4.98 Å². The van der Waals surface area contributed by atoms with Gasteiger partial charge in [-0.25, -0.2) is 0 Å². The van der Waals surface area contributed by atoms with Gasteiger partial charge in [0.25, 0.3) is 0 Å². The van der Waals surface area contributed by atoms with Crippen LogP contribution in [0.2, 0.25) is 0 Å². The third-order valence-corrected chi connectivity index (χ3v) is 2.74. The molecule has 0 spiro atoms. The van der Waals surface area contributed by atoms with Gasteiger partial charge in [-0.15, -0.1) is 12.4 Å². The fourth-order valence-electron chi connectivity index (χ4n) is 1.80. The zero-order valence-corrected chi connectivity index (χ0v) is 9.64. The molecule has 2 rings (SSSR count). The Balaban J connectivity index is 0.00000112. The number of hydrogen-bond donors (Lipinski definition) is 2. The lowest BCUT2D eigenvalue weighted by Gasteiger charge is -2.31. The number of nitrogens with zero attached hydrogens (tertiary/aromatic N) is 2. The van der Waals surface area contributed by atoms with Gasteiger partial charge in [-0.1, -0.05) is 5.16 Å². The number of hydrogen-bond acceptors (Lipinski definition) is 5. The van der Waals surface area contributed by atoms with E-state index in [1.54, 1.807) is 0 Å². The molecule has 86 valence electrons. The molecule has 1 aromatic heterocycles. The summed E-state index contributed by atoms with van der Waals surface area (Å²) in [5, 5.41) is 7.22. The highest BCUT2D eigenvalue weighted by Gasteiger charge is 2.33. The molecule has 0 bridgehead atoms. The average Bonchev–Trinajstić information content (AvgIpc) is 2.67. The van der Waals surface area contributed by atoms with Crippen LogP contribution in [0.15, 0.2) is 4.52 Å². The minimum Gasteiger partial charge on any atom is -0.337 e. The molecule has 0 aliphatic carbocycles. The van der Waals surface area contributed by atoms with E-state index >= 15 is 0 Å². The van der Waals surface area contributed by atoms with E-state index in [-0.39, 0.29) is 17.9 Å². The Morgan fingerprint density at radius 2 is 2.33 bits per heavy atom. The lowest BCUT2D eigenvalue weighted by atomic mass is 9.91. The highest BCUT2D eigenvalue weighted by Crippen LogP contribution is 2.28. The fraction of sp³-hybridized carbons (Fsp3) is 0.778. The molecule has 3 N–H and O–H groups in total. The van der Waals surface area contributed by atoms with Crippen molar-refractivity contribution < 1.29 is 4.52 Å². The summed E-state index contributed by atoms with van der Waals surface area (Å²) in [5.74, 6) is 1.24. The summed E-state index contributed by atoms with van der Waals surface area (Å²) in [6, 6.07) is 0. The summed E-state index contributed by atoms with van der Waals surface area (Å²) >= 11 is 0. The van der Waals surface area contributed by atoms with E-state index in [1.807, 2.05) is 0 Å². The van der Waals surface area contributed by atoms with Gasteiger partial charge in [-0.3, -0.25) is 0 Å². The summed E-state index contributed by atoms with van der Waals surface area (Å²) in [4.78, 5) is 4.26. The topological polar surface area (TPSA) is 77.0 Å². The van der Waals surface area contributed by atoms with Crippen molar-refractivity contribution in [3.63, 3.8) is 0 Å². The minimum atomic E-state index is -0.154. The van der Waals surface area contributed by atoms with Crippen molar-refractivity contribution in [3.05, 3.63) is 11.7 Å². The van der Waals surface area contributed by atoms with E-state index in [4.69, 9.17) is 10.3 Å². The summed E-state index contributed by atoms with van der Waals surface area (Å²) in [6.07, 6.45) is 3.45. The summed E-state index contributed by atoms with van der Waals surface area (Å²) in [7, 11) is 0. The van der Waals surface area contributed by atoms with Crippen LogP contribution in [0.25, 0.3) is 0 Å². The van der Waals surface area contributed by atoms with Crippen LogP contribution < -0.4 is 11.1 Å². The molecule has 1 atom stereocenters. The normalized spacial score (nSPS) is 26.0. The first-order valence-electron chi connectivity index (χ1n) is 5.03. The van der Waals surface area contributed by atoms with Crippen molar-refractivity contribution >= 4 is 12.4 Å². The Labute approximate surface area is 95.2 Å². The fourth-order valence-corrected chi connectivity index (χ4v) is 1.80. The van der Waals surface area contributed by atoms with Crippen molar-refractivity contribution in [2.24, 2.45) is 5.73 Å². The molecule has 6 heteroatoms. The SMILES string of the molecule is CC1(c2nc(CN)no2)CCCCN1.Cl. The smallest absolute Gasteiger partial charge is 0.246 e. The second kappa shape index (κ2) is 4.92. The first kappa shape index (κ1) is 12.4. The minimum absolute atomic E-state index is 0. The molecule has 1 aromatic rings. The largest absolute Gasteiger partial charge is 0.337 e. The Kier molecular flexibility index (Phi) is 4.07. The van der Waals surface area contributed by atoms with Crippen LogP contribution in [0.3, 0.4) is 0 Å². The van der Waals surface area contributed by atoms with Crippen molar-refractivity contribution in [2.75, 3.05) is 6.54 Å². The second-order valence-electron chi connectivity index (χ2n) is 3.94. The van der Waals surface area contributed by atoms with Gasteiger partial charge in [0.05, 0.1) is 12.1 Å². The molecule has 5 nitrogen and oxygen atoms in total. The molecule has 0 amide bonds. The van der Waals surface area contributed by atoms with Crippen LogP contribution >= 0.6 is 12.4 Å². The van der Waals surface area contributed by atoms with Crippen molar-refractivity contribution in [2.45, 2.75) is 38.3 Å². The lowest BCUT2D eigenvalue weighted by Crippen LogP contribution is -2.43. The average molecular weight is 233 g/mol. The molecule has 1 aliphatic heterocycles. The van der Waals surface area contributed by atoms with Crippen molar-refractivity contribution in [1.29, 1.82) is 0 Å². The molecule has 0 saturated carbocycles. The third kappa shape index (κ3) is 2.48. The molecular formula is C9H17ClN4O. The van der Waals surface area contributed by atoms with Gasteiger partial charge in [-0.05, 0) is 32.7 Å². The van der Waals surface area contributed by atoms with E-state index in [0.717, 1.165) is 13.0 Å². The number of aromatic nitrogens is 2. The first-order chi connectivity index (χ1) is 6.74. The van der Waals surface area contributed by atoms with Crippen molar-refractivity contribution in [1.82, 2.24) is 15.5 Å². The predicted octanol–water partition coefficient (Wildman–Crippen LogP) is 0.939. The second-order valence-corrected chi connectivity index (χ2v) is 3.94. The van der Waals surface area contributed by atoms with Crippen LogP contribution in [0, 0.1) is 0 Å². The quantitative estimate of drug-likeness (QED) is 0.794. The predicted molar refractivity (Wildman–Crippen MR) is 58.6 cm³/mol. The van der Waals surface area contributed by atoms with Gasteiger partial charge in [0.2, 0.25) is 5.89 Å². The molecule has 2 heterocycles. The molecule has 1 fully saturated rings. The first-order valence-corrected chi connectivity index (χ1v) is 5.03. The molecule has 1 unspecified atom stereocenters. The van der Waals surface area contributed by atoms with Gasteiger partial charge < -0.3 is 15.6 Å². The van der Waals surface area contributed by atoms with Crippen LogP contribution in [-0.4, -0.2) is 16.7 Å². The van der Waals surface area contributed by atoms with Gasteiger partial charge in [0.1, 0.15) is 0 Å². The molecule has 1 saturated heterocycles. The van der Waals surface area contributed by atoms with Gasteiger partial charge in [0, 0.05) is 0 Å². The summed E-state index contributed by atoms with van der Waals surface area (Å²) < 4.78 is 5.19. The number of rotatable bonds is 2. The Morgan fingerprint density at radius 1 is 1.53 bits per heavy atom. The maximum absolute atomic E-state index is 5.43. The maximum Gasteiger partial charge on any atom is 0.246 e. The third-order valence-electron chi connectivity index (χ3n) is 2.74. The van der Waals surface area contributed by atoms with E-state index in [1.165, 1.54) is 12.8 Å². The Morgan fingerprint density at radius 3 is 2.87 bits per heavy atom. The highest BCUT2D eigenvalue weighted by molar-refractivity contribution is 5.85.